The van der Waals surface area contributed by atoms with Crippen molar-refractivity contribution in [2.24, 2.45) is 0 Å². The van der Waals surface area contributed by atoms with Crippen molar-refractivity contribution in [2.45, 2.75) is 13.1 Å². The van der Waals surface area contributed by atoms with E-state index >= 15 is 0 Å². The highest BCUT2D eigenvalue weighted by Crippen LogP contribution is 2.15. The summed E-state index contributed by atoms with van der Waals surface area (Å²) in [6.07, 6.45) is 0. The van der Waals surface area contributed by atoms with Crippen LogP contribution in [0.25, 0.3) is 0 Å². The second kappa shape index (κ2) is 3.22. The van der Waals surface area contributed by atoms with E-state index in [0.717, 1.165) is 26.3 Å². The molecule has 0 radical (unpaired) electrons. The highest BCUT2D eigenvalue weighted by atomic mass is 35.6. The minimum atomic E-state index is -1.53. The lowest BCUT2D eigenvalue weighted by atomic mass is 10.5. The van der Waals surface area contributed by atoms with Crippen LogP contribution in [0, 0.1) is 0 Å². The van der Waals surface area contributed by atoms with E-state index < -0.39 is 7.55 Å². The molecule has 2 nitrogen and oxygen atoms in total. The van der Waals surface area contributed by atoms with E-state index in [1.54, 1.807) is 0 Å². The van der Waals surface area contributed by atoms with Gasteiger partial charge in [-0.2, -0.15) is 0 Å². The Bertz CT molecular complexity index is 109. The predicted octanol–water partition coefficient (Wildman–Crippen LogP) is 1.26. The number of hydrogen-bond donors (Lipinski definition) is 0. The minimum Gasteiger partial charge on any atom is -0.379 e. The number of hydrogen-bond acceptors (Lipinski definition) is 2. The molecule has 1 saturated heterocycles. The normalized spacial score (nSPS) is 23.1. The summed E-state index contributed by atoms with van der Waals surface area (Å²) in [6.45, 7) is 8.04. The molecule has 0 aromatic carbocycles. The number of ether oxygens (including phenoxy) is 1. The smallest absolute Gasteiger partial charge is 0.223 e. The van der Waals surface area contributed by atoms with Gasteiger partial charge in [0.05, 0.1) is 13.2 Å². The van der Waals surface area contributed by atoms with E-state index in [9.17, 15) is 0 Å². The molecule has 10 heavy (non-hydrogen) atoms. The van der Waals surface area contributed by atoms with Crippen LogP contribution in [-0.4, -0.2) is 38.4 Å². The first-order valence-electron chi connectivity index (χ1n) is 3.62. The number of nitrogens with zero attached hydrogens (tertiary/aromatic N) is 1. The van der Waals surface area contributed by atoms with Gasteiger partial charge in [0.25, 0.3) is 0 Å². The van der Waals surface area contributed by atoms with Gasteiger partial charge in [0, 0.05) is 13.1 Å². The molecule has 1 heterocycles. The Kier molecular flexibility index (Phi) is 2.74. The van der Waals surface area contributed by atoms with Gasteiger partial charge in [-0.15, -0.1) is 11.1 Å². The van der Waals surface area contributed by atoms with Gasteiger partial charge in [0.2, 0.25) is 7.55 Å². The van der Waals surface area contributed by atoms with Gasteiger partial charge in [-0.25, -0.2) is 0 Å². The summed E-state index contributed by atoms with van der Waals surface area (Å²) < 4.78 is 7.58. The lowest BCUT2D eigenvalue weighted by Gasteiger charge is -2.34. The monoisotopic (exact) mass is 179 g/mol. The topological polar surface area (TPSA) is 12.5 Å². The van der Waals surface area contributed by atoms with E-state index in [2.05, 4.69) is 17.7 Å². The summed E-state index contributed by atoms with van der Waals surface area (Å²) in [5.74, 6) is 0. The molecule has 1 rings (SSSR count). The number of morpholine rings is 1. The second-order valence-electron chi connectivity index (χ2n) is 3.01. The number of halogens is 1. The molecule has 1 fully saturated rings. The van der Waals surface area contributed by atoms with E-state index in [4.69, 9.17) is 15.8 Å². The van der Waals surface area contributed by atoms with Crippen LogP contribution in [0.15, 0.2) is 0 Å². The minimum absolute atomic E-state index is 0.850. The molecule has 4 heteroatoms. The molecule has 0 spiro atoms. The lowest BCUT2D eigenvalue weighted by molar-refractivity contribution is 0.0703. The standard InChI is InChI=1S/C6H14ClNOSi/c1-10(2,7)8-3-5-9-6-4-8/h3-6H2,1-2H3. The van der Waals surface area contributed by atoms with Gasteiger partial charge < -0.3 is 9.30 Å². The molecule has 0 aromatic rings. The van der Waals surface area contributed by atoms with Crippen LogP contribution in [0.1, 0.15) is 0 Å². The Morgan fingerprint density at radius 2 is 1.80 bits per heavy atom. The average molecular weight is 180 g/mol. The molecule has 0 atom stereocenters. The summed E-state index contributed by atoms with van der Waals surface area (Å²) >= 11 is 6.22. The lowest BCUT2D eigenvalue weighted by Crippen LogP contribution is -2.50. The number of rotatable bonds is 1. The zero-order chi connectivity index (χ0) is 7.61. The molecule has 0 bridgehead atoms. The van der Waals surface area contributed by atoms with Crippen molar-refractivity contribution in [3.63, 3.8) is 0 Å². The second-order valence-corrected chi connectivity index (χ2v) is 9.24. The first kappa shape index (κ1) is 8.52. The average Bonchev–Trinajstić information content (AvgIpc) is 1.88. The molecule has 0 unspecified atom stereocenters. The maximum absolute atomic E-state index is 6.22. The first-order chi connectivity index (χ1) is 4.61. The van der Waals surface area contributed by atoms with Gasteiger partial charge in [-0.05, 0) is 13.1 Å². The SMILES string of the molecule is C[Si](C)(Cl)N1CCOCC1. The summed E-state index contributed by atoms with van der Waals surface area (Å²) in [7, 11) is -1.53. The summed E-state index contributed by atoms with van der Waals surface area (Å²) in [6, 6.07) is 0. The van der Waals surface area contributed by atoms with Crippen molar-refractivity contribution < 1.29 is 4.74 Å². The van der Waals surface area contributed by atoms with Crippen LogP contribution >= 0.6 is 11.1 Å². The quantitative estimate of drug-likeness (QED) is 0.444. The highest BCUT2D eigenvalue weighted by Gasteiger charge is 2.28. The van der Waals surface area contributed by atoms with Crippen molar-refractivity contribution in [1.29, 1.82) is 0 Å². The summed E-state index contributed by atoms with van der Waals surface area (Å²) in [4.78, 5) is 0. The fraction of sp³-hybridized carbons (Fsp3) is 1.00. The Balaban J connectivity index is 2.39. The van der Waals surface area contributed by atoms with Crippen molar-refractivity contribution in [3.05, 3.63) is 0 Å². The molecule has 0 N–H and O–H groups in total. The van der Waals surface area contributed by atoms with Crippen LogP contribution in [0.2, 0.25) is 13.1 Å². The van der Waals surface area contributed by atoms with Crippen molar-refractivity contribution in [2.75, 3.05) is 26.3 Å². The van der Waals surface area contributed by atoms with Crippen LogP contribution in [0.4, 0.5) is 0 Å². The molecule has 0 aromatic heterocycles. The molecule has 0 saturated carbocycles. The third kappa shape index (κ3) is 2.23. The van der Waals surface area contributed by atoms with Crippen LogP contribution < -0.4 is 0 Å². The Hall–Kier alpha value is 0.427. The maximum Gasteiger partial charge on any atom is 0.223 e. The summed E-state index contributed by atoms with van der Waals surface area (Å²) in [5, 5.41) is 0. The van der Waals surface area contributed by atoms with E-state index in [-0.39, 0.29) is 0 Å². The van der Waals surface area contributed by atoms with Gasteiger partial charge >= 0.3 is 0 Å². The van der Waals surface area contributed by atoms with Gasteiger partial charge in [-0.1, -0.05) is 0 Å². The van der Waals surface area contributed by atoms with Crippen molar-refractivity contribution >= 4 is 18.6 Å². The largest absolute Gasteiger partial charge is 0.379 e. The third-order valence-corrected chi connectivity index (χ3v) is 4.43. The zero-order valence-electron chi connectivity index (χ0n) is 6.56. The predicted molar refractivity (Wildman–Crippen MR) is 45.7 cm³/mol. The fourth-order valence-corrected chi connectivity index (χ4v) is 2.85. The third-order valence-electron chi connectivity index (χ3n) is 1.76. The van der Waals surface area contributed by atoms with Crippen molar-refractivity contribution in [1.82, 2.24) is 4.57 Å². The van der Waals surface area contributed by atoms with Crippen LogP contribution in [-0.2, 0) is 4.74 Å². The first-order valence-corrected chi connectivity index (χ1v) is 7.58. The Morgan fingerprint density at radius 1 is 1.30 bits per heavy atom. The van der Waals surface area contributed by atoms with Crippen LogP contribution in [0.3, 0.4) is 0 Å². The van der Waals surface area contributed by atoms with E-state index in [1.807, 2.05) is 0 Å². The fourth-order valence-electron chi connectivity index (χ4n) is 1.10. The van der Waals surface area contributed by atoms with E-state index in [1.165, 1.54) is 0 Å². The molecule has 1 aliphatic rings. The zero-order valence-corrected chi connectivity index (χ0v) is 8.32. The molecule has 60 valence electrons. The van der Waals surface area contributed by atoms with Crippen molar-refractivity contribution in [3.8, 4) is 0 Å². The molecule has 0 aliphatic carbocycles. The molecule has 1 aliphatic heterocycles. The van der Waals surface area contributed by atoms with Gasteiger partial charge in [0.15, 0.2) is 0 Å². The maximum atomic E-state index is 6.22. The van der Waals surface area contributed by atoms with Gasteiger partial charge in [-0.3, -0.25) is 0 Å². The highest BCUT2D eigenvalue weighted by molar-refractivity contribution is 7.17. The Morgan fingerprint density at radius 3 is 2.10 bits per heavy atom. The van der Waals surface area contributed by atoms with E-state index in [0.29, 0.717) is 0 Å². The van der Waals surface area contributed by atoms with Crippen LogP contribution in [0.5, 0.6) is 0 Å². The Labute approximate surface area is 67.9 Å². The molecular weight excluding hydrogens is 166 g/mol. The molecule has 0 amide bonds. The summed E-state index contributed by atoms with van der Waals surface area (Å²) in [5.41, 5.74) is 0. The van der Waals surface area contributed by atoms with Gasteiger partial charge in [0.1, 0.15) is 0 Å². The molecular formula is C6H14ClNOSi.